The van der Waals surface area contributed by atoms with E-state index in [1.54, 1.807) is 25.1 Å². The number of benzene rings is 1. The molecule has 0 radical (unpaired) electrons. The first kappa shape index (κ1) is 20.0. The minimum Gasteiger partial charge on any atom is -0.550 e. The van der Waals surface area contributed by atoms with Crippen molar-refractivity contribution >= 4 is 29.4 Å². The molecule has 2 amide bonds. The van der Waals surface area contributed by atoms with Crippen LogP contribution in [0.1, 0.15) is 49.9 Å². The maximum atomic E-state index is 11.9. The zero-order valence-corrected chi connectivity index (χ0v) is 14.6. The van der Waals surface area contributed by atoms with Crippen molar-refractivity contribution in [2.24, 2.45) is 11.8 Å². The van der Waals surface area contributed by atoms with Crippen molar-refractivity contribution in [3.8, 4) is 0 Å². The van der Waals surface area contributed by atoms with Gasteiger partial charge in [0.2, 0.25) is 5.91 Å². The van der Waals surface area contributed by atoms with Crippen LogP contribution in [0, 0.1) is 11.8 Å². The molecule has 0 bridgehead atoms. The zero-order valence-electron chi connectivity index (χ0n) is 13.8. The Morgan fingerprint density at radius 2 is 1.88 bits per heavy atom. The highest BCUT2D eigenvalue weighted by atomic mass is 35.5. The van der Waals surface area contributed by atoms with Crippen molar-refractivity contribution in [2.45, 2.75) is 39.5 Å². The van der Waals surface area contributed by atoms with Gasteiger partial charge in [0, 0.05) is 18.3 Å². The van der Waals surface area contributed by atoms with Crippen molar-refractivity contribution < 1.29 is 19.5 Å². The molecule has 0 aromatic heterocycles. The summed E-state index contributed by atoms with van der Waals surface area (Å²) in [6, 6.07) is 6.44. The van der Waals surface area contributed by atoms with Gasteiger partial charge in [0.1, 0.15) is 0 Å². The molecule has 0 aliphatic carbocycles. The summed E-state index contributed by atoms with van der Waals surface area (Å²) >= 11 is 5.90. The van der Waals surface area contributed by atoms with E-state index in [-0.39, 0.29) is 17.0 Å². The van der Waals surface area contributed by atoms with Crippen molar-refractivity contribution in [1.29, 1.82) is 0 Å². The summed E-state index contributed by atoms with van der Waals surface area (Å²) in [5.41, 5.74) is 4.79. The molecule has 0 aliphatic rings. The molecule has 2 N–H and O–H groups in total. The van der Waals surface area contributed by atoms with E-state index in [1.165, 1.54) is 6.07 Å². The van der Waals surface area contributed by atoms with Gasteiger partial charge in [-0.15, -0.1) is 0 Å². The molecule has 1 aromatic rings. The number of aliphatic carboxylic acids is 1. The lowest BCUT2D eigenvalue weighted by Crippen LogP contribution is -2.43. The summed E-state index contributed by atoms with van der Waals surface area (Å²) < 4.78 is 0. The van der Waals surface area contributed by atoms with Crippen LogP contribution in [0.25, 0.3) is 0 Å². The maximum absolute atomic E-state index is 11.9. The van der Waals surface area contributed by atoms with E-state index in [2.05, 4.69) is 10.9 Å². The Kier molecular flexibility index (Phi) is 8.26. The van der Waals surface area contributed by atoms with Gasteiger partial charge in [-0.1, -0.05) is 50.4 Å². The molecule has 24 heavy (non-hydrogen) atoms. The third-order valence-electron chi connectivity index (χ3n) is 3.80. The van der Waals surface area contributed by atoms with Gasteiger partial charge in [-0.25, -0.2) is 0 Å². The predicted octanol–water partition coefficient (Wildman–Crippen LogP) is 1.68. The number of hydrogen-bond acceptors (Lipinski definition) is 4. The monoisotopic (exact) mass is 353 g/mol. The van der Waals surface area contributed by atoms with Crippen molar-refractivity contribution in [3.63, 3.8) is 0 Å². The van der Waals surface area contributed by atoms with E-state index in [0.717, 1.165) is 12.8 Å². The summed E-state index contributed by atoms with van der Waals surface area (Å²) in [5.74, 6) is -3.23. The summed E-state index contributed by atoms with van der Waals surface area (Å²) in [6.45, 7) is 3.65. The highest BCUT2D eigenvalue weighted by Gasteiger charge is 2.21. The molecule has 7 heteroatoms. The molecule has 1 aromatic carbocycles. The summed E-state index contributed by atoms with van der Waals surface area (Å²) in [6.07, 6.45) is 2.08. The first-order chi connectivity index (χ1) is 11.4. The number of carbonyl (C=O) groups excluding carboxylic acids is 3. The molecular weight excluding hydrogens is 332 g/mol. The highest BCUT2D eigenvalue weighted by molar-refractivity contribution is 6.33. The van der Waals surface area contributed by atoms with Crippen molar-refractivity contribution in [3.05, 3.63) is 34.9 Å². The molecule has 0 spiro atoms. The first-order valence-electron chi connectivity index (χ1n) is 7.91. The number of amides is 2. The summed E-state index contributed by atoms with van der Waals surface area (Å²) in [4.78, 5) is 35.0. The van der Waals surface area contributed by atoms with Crippen LogP contribution in [-0.2, 0) is 9.59 Å². The van der Waals surface area contributed by atoms with Crippen LogP contribution >= 0.6 is 11.6 Å². The Hall–Kier alpha value is -2.08. The molecule has 0 aliphatic heterocycles. The summed E-state index contributed by atoms with van der Waals surface area (Å²) in [7, 11) is 0. The van der Waals surface area contributed by atoms with Crippen LogP contribution in [0.5, 0.6) is 0 Å². The molecule has 1 rings (SSSR count). The average Bonchev–Trinajstić information content (AvgIpc) is 2.53. The predicted molar refractivity (Wildman–Crippen MR) is 88.9 cm³/mol. The molecule has 0 fully saturated rings. The van der Waals surface area contributed by atoms with E-state index < -0.39 is 29.6 Å². The second-order valence-electron chi connectivity index (χ2n) is 5.73. The van der Waals surface area contributed by atoms with Gasteiger partial charge in [-0.3, -0.25) is 20.4 Å². The standard InChI is InChI=1S/C17H23ClN2O4/c1-3-4-7-12(17(23)24)11(2)10-15(21)19-20-16(22)13-8-5-6-9-14(13)18/h5-6,8-9,11-12H,3-4,7,10H2,1-2H3,(H,19,21)(H,20,22)(H,23,24)/p-1/t11-,12+/m1/s1. The van der Waals surface area contributed by atoms with Crippen LogP contribution in [0.3, 0.4) is 0 Å². The van der Waals surface area contributed by atoms with Crippen molar-refractivity contribution in [1.82, 2.24) is 10.9 Å². The lowest BCUT2D eigenvalue weighted by Gasteiger charge is -2.24. The third kappa shape index (κ3) is 6.20. The van der Waals surface area contributed by atoms with Crippen LogP contribution < -0.4 is 16.0 Å². The molecule has 0 unspecified atom stereocenters. The minimum absolute atomic E-state index is 0.0227. The van der Waals surface area contributed by atoms with Gasteiger partial charge >= 0.3 is 0 Å². The maximum Gasteiger partial charge on any atom is 0.271 e. The molecule has 0 saturated carbocycles. The number of rotatable bonds is 8. The van der Waals surface area contributed by atoms with E-state index >= 15 is 0 Å². The Balaban J connectivity index is 2.51. The second-order valence-corrected chi connectivity index (χ2v) is 6.14. The fourth-order valence-corrected chi connectivity index (χ4v) is 2.61. The average molecular weight is 354 g/mol. The molecule has 6 nitrogen and oxygen atoms in total. The van der Waals surface area contributed by atoms with Gasteiger partial charge in [0.15, 0.2) is 0 Å². The van der Waals surface area contributed by atoms with E-state index in [9.17, 15) is 19.5 Å². The number of carboxylic acids is 1. The van der Waals surface area contributed by atoms with Crippen LogP contribution in [0.15, 0.2) is 24.3 Å². The number of hydrazine groups is 1. The zero-order chi connectivity index (χ0) is 18.1. The molecule has 2 atom stereocenters. The smallest absolute Gasteiger partial charge is 0.271 e. The molecule has 0 saturated heterocycles. The Bertz CT molecular complexity index is 592. The fourth-order valence-electron chi connectivity index (χ4n) is 2.38. The number of hydrogen-bond donors (Lipinski definition) is 2. The quantitative estimate of drug-likeness (QED) is 0.695. The van der Waals surface area contributed by atoms with Crippen LogP contribution in [0.2, 0.25) is 5.02 Å². The number of unbranched alkanes of at least 4 members (excludes halogenated alkanes) is 1. The molecular formula is C17H22ClN2O4-. The Morgan fingerprint density at radius 3 is 2.46 bits per heavy atom. The first-order valence-corrected chi connectivity index (χ1v) is 8.29. The summed E-state index contributed by atoms with van der Waals surface area (Å²) in [5, 5.41) is 11.5. The van der Waals surface area contributed by atoms with Gasteiger partial charge in [0.25, 0.3) is 5.91 Å². The van der Waals surface area contributed by atoms with Gasteiger partial charge < -0.3 is 9.90 Å². The number of halogens is 1. The minimum atomic E-state index is -1.15. The van der Waals surface area contributed by atoms with Gasteiger partial charge in [0.05, 0.1) is 10.6 Å². The lowest BCUT2D eigenvalue weighted by atomic mass is 9.87. The molecule has 132 valence electrons. The van der Waals surface area contributed by atoms with Gasteiger partial charge in [-0.2, -0.15) is 0 Å². The fraction of sp³-hybridized carbons (Fsp3) is 0.471. The normalized spacial score (nSPS) is 13.0. The topological polar surface area (TPSA) is 98.3 Å². The van der Waals surface area contributed by atoms with Crippen molar-refractivity contribution in [2.75, 3.05) is 0 Å². The van der Waals surface area contributed by atoms with Gasteiger partial charge in [-0.05, 0) is 24.5 Å². The number of carboxylic acid groups (broad SMARTS) is 1. The second kappa shape index (κ2) is 9.93. The van der Waals surface area contributed by atoms with E-state index in [0.29, 0.717) is 6.42 Å². The SMILES string of the molecule is CCCC[C@H](C(=O)[O-])[C@H](C)CC(=O)NNC(=O)c1ccccc1Cl. The lowest BCUT2D eigenvalue weighted by molar-refractivity contribution is -0.313. The van der Waals surface area contributed by atoms with Crippen LogP contribution in [0.4, 0.5) is 0 Å². The number of carbonyl (C=O) groups is 3. The largest absolute Gasteiger partial charge is 0.550 e. The Morgan fingerprint density at radius 1 is 1.21 bits per heavy atom. The van der Waals surface area contributed by atoms with E-state index in [1.807, 2.05) is 6.92 Å². The van der Waals surface area contributed by atoms with Crippen LogP contribution in [-0.4, -0.2) is 17.8 Å². The number of nitrogens with one attached hydrogen (secondary N) is 2. The molecule has 0 heterocycles. The Labute approximate surface area is 146 Å². The third-order valence-corrected chi connectivity index (χ3v) is 4.13. The van der Waals surface area contributed by atoms with E-state index in [4.69, 9.17) is 11.6 Å². The highest BCUT2D eigenvalue weighted by Crippen LogP contribution is 2.21.